The van der Waals surface area contributed by atoms with Crippen LogP contribution in [0.3, 0.4) is 0 Å². The van der Waals surface area contributed by atoms with Crippen molar-refractivity contribution in [1.82, 2.24) is 5.32 Å². The molecule has 122 valence electrons. The van der Waals surface area contributed by atoms with Crippen molar-refractivity contribution in [3.8, 4) is 17.6 Å². The smallest absolute Gasteiger partial charge is 0.262 e. The number of nitrogens with one attached hydrogen (secondary N) is 1. The minimum atomic E-state index is -0.368. The summed E-state index contributed by atoms with van der Waals surface area (Å²) in [5.74, 6) is 0.534. The summed E-state index contributed by atoms with van der Waals surface area (Å²) in [6.07, 6.45) is 3.36. The van der Waals surface area contributed by atoms with Crippen molar-refractivity contribution >= 4 is 23.6 Å². The molecule has 1 aliphatic rings. The highest BCUT2D eigenvalue weighted by atomic mass is 35.5. The maximum atomic E-state index is 12.0. The largest absolute Gasteiger partial charge is 0.493 e. The van der Waals surface area contributed by atoms with Crippen molar-refractivity contribution in [3.63, 3.8) is 0 Å². The minimum Gasteiger partial charge on any atom is -0.493 e. The summed E-state index contributed by atoms with van der Waals surface area (Å²) in [5, 5.41) is 12.3. The molecule has 0 saturated heterocycles. The molecular formula is C17H19ClN2O3. The SMILES string of the molecule is COc1cc(/C=C(\C#N)C(=O)NC2CC2)cc(Cl)c1OC(C)C. The highest BCUT2D eigenvalue weighted by Crippen LogP contribution is 2.37. The molecule has 1 aromatic carbocycles. The summed E-state index contributed by atoms with van der Waals surface area (Å²) in [4.78, 5) is 12.0. The number of nitrogens with zero attached hydrogens (tertiary/aromatic N) is 1. The molecule has 0 atom stereocenters. The zero-order valence-corrected chi connectivity index (χ0v) is 14.1. The molecule has 0 aliphatic heterocycles. The number of ether oxygens (including phenoxy) is 2. The van der Waals surface area contributed by atoms with Crippen LogP contribution in [0.2, 0.25) is 5.02 Å². The number of rotatable bonds is 6. The van der Waals surface area contributed by atoms with Gasteiger partial charge in [0, 0.05) is 6.04 Å². The second-order valence-corrected chi connectivity index (χ2v) is 6.03. The first-order valence-electron chi connectivity index (χ1n) is 7.41. The van der Waals surface area contributed by atoms with Crippen LogP contribution >= 0.6 is 11.6 Å². The van der Waals surface area contributed by atoms with Gasteiger partial charge >= 0.3 is 0 Å². The first-order valence-corrected chi connectivity index (χ1v) is 7.79. The van der Waals surface area contributed by atoms with E-state index in [0.29, 0.717) is 22.1 Å². The van der Waals surface area contributed by atoms with Crippen LogP contribution in [0, 0.1) is 11.3 Å². The zero-order chi connectivity index (χ0) is 17.0. The fraction of sp³-hybridized carbons (Fsp3) is 0.412. The van der Waals surface area contributed by atoms with E-state index < -0.39 is 0 Å². The molecule has 1 amide bonds. The Morgan fingerprint density at radius 1 is 1.48 bits per heavy atom. The van der Waals surface area contributed by atoms with Gasteiger partial charge in [-0.1, -0.05) is 11.6 Å². The van der Waals surface area contributed by atoms with E-state index >= 15 is 0 Å². The lowest BCUT2D eigenvalue weighted by molar-refractivity contribution is -0.117. The predicted molar refractivity (Wildman–Crippen MR) is 88.5 cm³/mol. The van der Waals surface area contributed by atoms with Gasteiger partial charge in [-0.25, -0.2) is 0 Å². The third-order valence-corrected chi connectivity index (χ3v) is 3.47. The van der Waals surface area contributed by atoms with Gasteiger partial charge in [-0.3, -0.25) is 4.79 Å². The molecule has 1 saturated carbocycles. The summed E-state index contributed by atoms with van der Waals surface area (Å²) < 4.78 is 10.9. The maximum absolute atomic E-state index is 12.0. The van der Waals surface area contributed by atoms with Gasteiger partial charge in [0.1, 0.15) is 11.6 Å². The van der Waals surface area contributed by atoms with Crippen LogP contribution in [0.25, 0.3) is 6.08 Å². The van der Waals surface area contributed by atoms with Crippen LogP contribution in [0.1, 0.15) is 32.3 Å². The van der Waals surface area contributed by atoms with Gasteiger partial charge in [-0.15, -0.1) is 0 Å². The number of hydrogen-bond acceptors (Lipinski definition) is 4. The molecule has 0 unspecified atom stereocenters. The van der Waals surface area contributed by atoms with Crippen molar-refractivity contribution in [2.45, 2.75) is 38.8 Å². The number of nitriles is 1. The summed E-state index contributed by atoms with van der Waals surface area (Å²) in [5.41, 5.74) is 0.637. The van der Waals surface area contributed by atoms with Crippen LogP contribution in [-0.2, 0) is 4.79 Å². The quantitative estimate of drug-likeness (QED) is 0.640. The topological polar surface area (TPSA) is 71.3 Å². The van der Waals surface area contributed by atoms with Crippen molar-refractivity contribution in [3.05, 3.63) is 28.3 Å². The molecule has 1 N–H and O–H groups in total. The van der Waals surface area contributed by atoms with Crippen LogP contribution in [0.5, 0.6) is 11.5 Å². The number of carbonyl (C=O) groups is 1. The summed E-state index contributed by atoms with van der Waals surface area (Å²) >= 11 is 6.24. The highest BCUT2D eigenvalue weighted by molar-refractivity contribution is 6.32. The van der Waals surface area contributed by atoms with E-state index in [1.54, 1.807) is 12.1 Å². The van der Waals surface area contributed by atoms with E-state index in [1.165, 1.54) is 13.2 Å². The molecule has 1 fully saturated rings. The molecule has 1 aliphatic carbocycles. The predicted octanol–water partition coefficient (Wildman–Crippen LogP) is 3.32. The molecule has 0 bridgehead atoms. The van der Waals surface area contributed by atoms with E-state index in [2.05, 4.69) is 5.32 Å². The van der Waals surface area contributed by atoms with Crippen molar-refractivity contribution in [2.75, 3.05) is 7.11 Å². The van der Waals surface area contributed by atoms with E-state index in [1.807, 2.05) is 19.9 Å². The molecule has 0 spiro atoms. The Balaban J connectivity index is 2.31. The number of methoxy groups -OCH3 is 1. The molecule has 2 rings (SSSR count). The molecular weight excluding hydrogens is 316 g/mol. The third kappa shape index (κ3) is 4.64. The van der Waals surface area contributed by atoms with Gasteiger partial charge in [-0.2, -0.15) is 5.26 Å². The van der Waals surface area contributed by atoms with E-state index in [-0.39, 0.29) is 23.6 Å². The molecule has 1 aromatic rings. The minimum absolute atomic E-state index is 0.0348. The number of amides is 1. The van der Waals surface area contributed by atoms with Crippen LogP contribution in [0.4, 0.5) is 0 Å². The van der Waals surface area contributed by atoms with Gasteiger partial charge in [0.15, 0.2) is 11.5 Å². The Morgan fingerprint density at radius 2 is 2.17 bits per heavy atom. The molecule has 0 heterocycles. The molecule has 0 aromatic heterocycles. The number of benzene rings is 1. The Bertz CT molecular complexity index is 673. The lowest BCUT2D eigenvalue weighted by Gasteiger charge is -2.15. The van der Waals surface area contributed by atoms with Crippen LogP contribution < -0.4 is 14.8 Å². The normalized spacial score (nSPS) is 14.3. The summed E-state index contributed by atoms with van der Waals surface area (Å²) in [6.45, 7) is 3.78. The average molecular weight is 335 g/mol. The van der Waals surface area contributed by atoms with Gasteiger partial charge in [0.25, 0.3) is 5.91 Å². The van der Waals surface area contributed by atoms with E-state index in [9.17, 15) is 10.1 Å². The monoisotopic (exact) mass is 334 g/mol. The van der Waals surface area contributed by atoms with Crippen molar-refractivity contribution in [1.29, 1.82) is 5.26 Å². The molecule has 6 heteroatoms. The Kier molecular flexibility index (Phi) is 5.51. The Morgan fingerprint density at radius 3 is 2.70 bits per heavy atom. The van der Waals surface area contributed by atoms with E-state index in [4.69, 9.17) is 21.1 Å². The van der Waals surface area contributed by atoms with Crippen LogP contribution in [-0.4, -0.2) is 25.2 Å². The van der Waals surface area contributed by atoms with Crippen LogP contribution in [0.15, 0.2) is 17.7 Å². The van der Waals surface area contributed by atoms with Gasteiger partial charge in [0.05, 0.1) is 18.2 Å². The Labute approximate surface area is 140 Å². The first kappa shape index (κ1) is 17.2. The standard InChI is InChI=1S/C17H19ClN2O3/c1-10(2)23-16-14(18)7-11(8-15(16)22-3)6-12(9-19)17(21)20-13-4-5-13/h6-8,10,13H,4-5H2,1-3H3,(H,20,21)/b12-6+. The molecule has 0 radical (unpaired) electrons. The van der Waals surface area contributed by atoms with Crippen molar-refractivity contribution < 1.29 is 14.3 Å². The zero-order valence-electron chi connectivity index (χ0n) is 13.4. The average Bonchev–Trinajstić information content (AvgIpc) is 3.30. The fourth-order valence-corrected chi connectivity index (χ4v) is 2.24. The Hall–Kier alpha value is -2.19. The van der Waals surface area contributed by atoms with Gasteiger partial charge in [0.2, 0.25) is 0 Å². The van der Waals surface area contributed by atoms with Gasteiger partial charge < -0.3 is 14.8 Å². The lowest BCUT2D eigenvalue weighted by Crippen LogP contribution is -2.26. The highest BCUT2D eigenvalue weighted by Gasteiger charge is 2.24. The third-order valence-electron chi connectivity index (χ3n) is 3.19. The second-order valence-electron chi connectivity index (χ2n) is 5.62. The summed E-state index contributed by atoms with van der Waals surface area (Å²) in [6, 6.07) is 5.44. The first-order chi connectivity index (χ1) is 10.9. The lowest BCUT2D eigenvalue weighted by atomic mass is 10.1. The number of halogens is 1. The summed E-state index contributed by atoms with van der Waals surface area (Å²) in [7, 11) is 1.51. The molecule has 5 nitrogen and oxygen atoms in total. The van der Waals surface area contributed by atoms with Crippen molar-refractivity contribution in [2.24, 2.45) is 0 Å². The second kappa shape index (κ2) is 7.38. The fourth-order valence-electron chi connectivity index (χ4n) is 1.98. The molecule has 23 heavy (non-hydrogen) atoms. The number of hydrogen-bond donors (Lipinski definition) is 1. The van der Waals surface area contributed by atoms with Gasteiger partial charge in [-0.05, 0) is 50.5 Å². The number of carbonyl (C=O) groups excluding carboxylic acids is 1. The maximum Gasteiger partial charge on any atom is 0.262 e. The van der Waals surface area contributed by atoms with E-state index in [0.717, 1.165) is 12.8 Å².